The summed E-state index contributed by atoms with van der Waals surface area (Å²) in [6.45, 7) is 1.91. The molecule has 0 aliphatic carbocycles. The number of carboxylic acid groups (broad SMARTS) is 1. The lowest BCUT2D eigenvalue weighted by atomic mass is 10.0. The summed E-state index contributed by atoms with van der Waals surface area (Å²) in [6, 6.07) is 11.5. The number of hydrogen-bond acceptors (Lipinski definition) is 4. The van der Waals surface area contributed by atoms with Crippen molar-refractivity contribution in [2.24, 2.45) is 5.92 Å². The average molecular weight is 372 g/mol. The van der Waals surface area contributed by atoms with Gasteiger partial charge in [-0.25, -0.2) is 0 Å². The Labute approximate surface area is 157 Å². The molecule has 2 aromatic rings. The third-order valence-corrected chi connectivity index (χ3v) is 4.16. The first kappa shape index (κ1) is 20.2. The molecule has 27 heavy (non-hydrogen) atoms. The highest BCUT2D eigenvalue weighted by Gasteiger charge is 2.25. The van der Waals surface area contributed by atoms with Crippen molar-refractivity contribution in [1.29, 1.82) is 0 Å². The Bertz CT molecular complexity index is 743. The number of benzene rings is 1. The predicted molar refractivity (Wildman–Crippen MR) is 99.2 cm³/mol. The van der Waals surface area contributed by atoms with Gasteiger partial charge in [-0.1, -0.05) is 43.7 Å². The topological polar surface area (TPSA) is 109 Å². The fraction of sp³-hybridized carbons (Fsp3) is 0.350. The Kier molecular flexibility index (Phi) is 7.61. The molecule has 1 heterocycles. The van der Waals surface area contributed by atoms with Gasteiger partial charge in [0.15, 0.2) is 5.76 Å². The number of carbonyl (C=O) groups excluding carboxylic acids is 2. The molecule has 7 heteroatoms. The van der Waals surface area contributed by atoms with Crippen LogP contribution in [0.15, 0.2) is 53.1 Å². The standard InChI is InChI=1S/C20H24N2O5/c1-2-7-15(20(25)26)13-21-18(23)16(12-14-8-4-3-5-9-14)22-19(24)17-10-6-11-27-17/h3-6,8-11,15-16H,2,7,12-13H2,1H3,(H,21,23)(H,22,24)(H,25,26). The Hall–Kier alpha value is -3.09. The van der Waals surface area contributed by atoms with E-state index in [1.165, 1.54) is 12.3 Å². The SMILES string of the molecule is CCCC(CNC(=O)C(Cc1ccccc1)NC(=O)c1ccco1)C(=O)O. The Balaban J connectivity index is 2.06. The summed E-state index contributed by atoms with van der Waals surface area (Å²) in [6.07, 6.45) is 2.83. The van der Waals surface area contributed by atoms with Gasteiger partial charge in [0.25, 0.3) is 5.91 Å². The number of carbonyl (C=O) groups is 3. The van der Waals surface area contributed by atoms with Gasteiger partial charge in [-0.3, -0.25) is 14.4 Å². The van der Waals surface area contributed by atoms with Crippen molar-refractivity contribution in [2.45, 2.75) is 32.2 Å². The zero-order valence-corrected chi connectivity index (χ0v) is 15.2. The van der Waals surface area contributed by atoms with Gasteiger partial charge in [-0.2, -0.15) is 0 Å². The van der Waals surface area contributed by atoms with Crippen LogP contribution in [0.3, 0.4) is 0 Å². The number of aliphatic carboxylic acids is 1. The lowest BCUT2D eigenvalue weighted by Gasteiger charge is -2.20. The number of nitrogens with one attached hydrogen (secondary N) is 2. The fourth-order valence-corrected chi connectivity index (χ4v) is 2.70. The van der Waals surface area contributed by atoms with E-state index in [4.69, 9.17) is 4.42 Å². The fourth-order valence-electron chi connectivity index (χ4n) is 2.70. The molecule has 0 aliphatic rings. The molecule has 1 aromatic carbocycles. The van der Waals surface area contributed by atoms with Crippen molar-refractivity contribution in [3.05, 3.63) is 60.1 Å². The Morgan fingerprint density at radius 2 is 1.85 bits per heavy atom. The lowest BCUT2D eigenvalue weighted by molar-refractivity contribution is -0.142. The molecule has 0 saturated carbocycles. The number of hydrogen-bond donors (Lipinski definition) is 3. The monoisotopic (exact) mass is 372 g/mol. The van der Waals surface area contributed by atoms with Crippen LogP contribution in [0.1, 0.15) is 35.9 Å². The van der Waals surface area contributed by atoms with Crippen LogP contribution in [0.5, 0.6) is 0 Å². The van der Waals surface area contributed by atoms with Gasteiger partial charge in [0, 0.05) is 13.0 Å². The molecule has 0 saturated heterocycles. The molecule has 3 N–H and O–H groups in total. The van der Waals surface area contributed by atoms with Crippen LogP contribution in [0.25, 0.3) is 0 Å². The first-order chi connectivity index (χ1) is 13.0. The predicted octanol–water partition coefficient (Wildman–Crippen LogP) is 2.24. The van der Waals surface area contributed by atoms with Gasteiger partial charge in [-0.05, 0) is 24.1 Å². The number of amides is 2. The van der Waals surface area contributed by atoms with Crippen LogP contribution in [0, 0.1) is 5.92 Å². The maximum atomic E-state index is 12.6. The van der Waals surface area contributed by atoms with Crippen LogP contribution in [0.2, 0.25) is 0 Å². The third kappa shape index (κ3) is 6.29. The zero-order valence-electron chi connectivity index (χ0n) is 15.2. The minimum atomic E-state index is -0.948. The van der Waals surface area contributed by atoms with E-state index in [-0.39, 0.29) is 18.7 Å². The largest absolute Gasteiger partial charge is 0.481 e. The summed E-state index contributed by atoms with van der Waals surface area (Å²) in [4.78, 5) is 36.2. The van der Waals surface area contributed by atoms with Crippen molar-refractivity contribution >= 4 is 17.8 Å². The van der Waals surface area contributed by atoms with E-state index in [0.717, 1.165) is 5.56 Å². The Morgan fingerprint density at radius 1 is 1.11 bits per heavy atom. The van der Waals surface area contributed by atoms with Crippen molar-refractivity contribution in [1.82, 2.24) is 10.6 Å². The molecule has 0 aliphatic heterocycles. The summed E-state index contributed by atoms with van der Waals surface area (Å²) in [5, 5.41) is 14.5. The molecule has 2 rings (SSSR count). The van der Waals surface area contributed by atoms with Crippen LogP contribution in [0.4, 0.5) is 0 Å². The molecule has 0 spiro atoms. The minimum absolute atomic E-state index is 0.0178. The van der Waals surface area contributed by atoms with E-state index in [0.29, 0.717) is 12.8 Å². The normalized spacial score (nSPS) is 12.8. The molecular formula is C20H24N2O5. The molecule has 0 fully saturated rings. The van der Waals surface area contributed by atoms with Crippen LogP contribution in [-0.4, -0.2) is 35.5 Å². The molecule has 1 aromatic heterocycles. The highest BCUT2D eigenvalue weighted by atomic mass is 16.4. The second kappa shape index (κ2) is 10.2. The summed E-state index contributed by atoms with van der Waals surface area (Å²) >= 11 is 0. The smallest absolute Gasteiger partial charge is 0.308 e. The van der Waals surface area contributed by atoms with Gasteiger partial charge in [0.05, 0.1) is 12.2 Å². The van der Waals surface area contributed by atoms with E-state index in [9.17, 15) is 19.5 Å². The van der Waals surface area contributed by atoms with E-state index >= 15 is 0 Å². The van der Waals surface area contributed by atoms with Crippen LogP contribution < -0.4 is 10.6 Å². The highest BCUT2D eigenvalue weighted by Crippen LogP contribution is 2.08. The average Bonchev–Trinajstić information content (AvgIpc) is 3.20. The third-order valence-electron chi connectivity index (χ3n) is 4.16. The van der Waals surface area contributed by atoms with Crippen molar-refractivity contribution in [3.63, 3.8) is 0 Å². The van der Waals surface area contributed by atoms with Crippen molar-refractivity contribution in [2.75, 3.05) is 6.54 Å². The van der Waals surface area contributed by atoms with E-state index in [1.807, 2.05) is 37.3 Å². The maximum absolute atomic E-state index is 12.6. The molecule has 7 nitrogen and oxygen atoms in total. The van der Waals surface area contributed by atoms with Gasteiger partial charge >= 0.3 is 5.97 Å². The van der Waals surface area contributed by atoms with E-state index in [1.54, 1.807) is 6.07 Å². The molecule has 0 bridgehead atoms. The van der Waals surface area contributed by atoms with Gasteiger partial charge < -0.3 is 20.2 Å². The molecule has 144 valence electrons. The first-order valence-electron chi connectivity index (χ1n) is 8.90. The highest BCUT2D eigenvalue weighted by molar-refractivity contribution is 5.95. The molecule has 2 unspecified atom stereocenters. The molecule has 2 atom stereocenters. The zero-order chi connectivity index (χ0) is 19.6. The molecule has 0 radical (unpaired) electrons. The van der Waals surface area contributed by atoms with Gasteiger partial charge in [0.2, 0.25) is 5.91 Å². The van der Waals surface area contributed by atoms with Crippen molar-refractivity contribution in [3.8, 4) is 0 Å². The quantitative estimate of drug-likeness (QED) is 0.593. The maximum Gasteiger partial charge on any atom is 0.308 e. The number of rotatable bonds is 10. The van der Waals surface area contributed by atoms with Gasteiger partial charge in [-0.15, -0.1) is 0 Å². The first-order valence-corrected chi connectivity index (χ1v) is 8.90. The second-order valence-corrected chi connectivity index (χ2v) is 6.26. The summed E-state index contributed by atoms with van der Waals surface area (Å²) in [5.41, 5.74) is 0.876. The number of carboxylic acids is 1. The minimum Gasteiger partial charge on any atom is -0.481 e. The number of furan rings is 1. The Morgan fingerprint density at radius 3 is 2.44 bits per heavy atom. The van der Waals surface area contributed by atoms with Crippen LogP contribution >= 0.6 is 0 Å². The van der Waals surface area contributed by atoms with E-state index < -0.39 is 29.7 Å². The molecule has 2 amide bonds. The second-order valence-electron chi connectivity index (χ2n) is 6.26. The summed E-state index contributed by atoms with van der Waals surface area (Å²) < 4.78 is 5.07. The summed E-state index contributed by atoms with van der Waals surface area (Å²) in [5.74, 6) is -2.43. The lowest BCUT2D eigenvalue weighted by Crippen LogP contribution is -2.49. The summed E-state index contributed by atoms with van der Waals surface area (Å²) in [7, 11) is 0. The van der Waals surface area contributed by atoms with Crippen LogP contribution in [-0.2, 0) is 16.0 Å². The van der Waals surface area contributed by atoms with Gasteiger partial charge in [0.1, 0.15) is 6.04 Å². The van der Waals surface area contributed by atoms with Crippen molar-refractivity contribution < 1.29 is 23.9 Å². The van der Waals surface area contributed by atoms with E-state index in [2.05, 4.69) is 10.6 Å². The molecular weight excluding hydrogens is 348 g/mol.